The van der Waals surface area contributed by atoms with Crippen LogP contribution in [0.2, 0.25) is 0 Å². The van der Waals surface area contributed by atoms with Crippen LogP contribution in [0, 0.1) is 24.4 Å². The van der Waals surface area contributed by atoms with E-state index in [4.69, 9.17) is 0 Å². The van der Waals surface area contributed by atoms with Crippen LogP contribution in [-0.4, -0.2) is 7.05 Å². The first kappa shape index (κ1) is 13.6. The molecule has 0 radical (unpaired) electrons. The van der Waals surface area contributed by atoms with Crippen LogP contribution in [0.5, 0.6) is 0 Å². The lowest BCUT2D eigenvalue weighted by molar-refractivity contribution is 0.517. The van der Waals surface area contributed by atoms with Crippen molar-refractivity contribution in [1.29, 1.82) is 0 Å². The van der Waals surface area contributed by atoms with Gasteiger partial charge in [0.15, 0.2) is 0 Å². The Hall–Kier alpha value is -1.81. The van der Waals surface area contributed by atoms with Crippen LogP contribution >= 0.6 is 0 Å². The molecule has 4 heteroatoms. The van der Waals surface area contributed by atoms with E-state index in [0.717, 1.165) is 0 Å². The van der Waals surface area contributed by atoms with E-state index in [-0.39, 0.29) is 11.4 Å². The molecule has 0 bridgehead atoms. The van der Waals surface area contributed by atoms with Crippen LogP contribution in [0.3, 0.4) is 0 Å². The van der Waals surface area contributed by atoms with Crippen molar-refractivity contribution < 1.29 is 13.2 Å². The SMILES string of the molecule is CNC(c1ccc(F)cc1)c1c(F)ccc(C)c1F. The highest BCUT2D eigenvalue weighted by atomic mass is 19.1. The van der Waals surface area contributed by atoms with Crippen LogP contribution in [0.4, 0.5) is 13.2 Å². The average molecular weight is 265 g/mol. The molecule has 1 nitrogen and oxygen atoms in total. The molecule has 2 rings (SSSR count). The van der Waals surface area contributed by atoms with E-state index < -0.39 is 17.7 Å². The third kappa shape index (κ3) is 2.63. The Labute approximate surface area is 110 Å². The average Bonchev–Trinajstić information content (AvgIpc) is 2.40. The maximum atomic E-state index is 14.1. The van der Waals surface area contributed by atoms with Gasteiger partial charge >= 0.3 is 0 Å². The van der Waals surface area contributed by atoms with E-state index in [9.17, 15) is 13.2 Å². The molecule has 0 aromatic heterocycles. The summed E-state index contributed by atoms with van der Waals surface area (Å²) < 4.78 is 40.9. The largest absolute Gasteiger partial charge is 0.309 e. The summed E-state index contributed by atoms with van der Waals surface area (Å²) in [5.74, 6) is -1.58. The molecular weight excluding hydrogens is 251 g/mol. The van der Waals surface area contributed by atoms with Crippen molar-refractivity contribution in [2.45, 2.75) is 13.0 Å². The second-order valence-corrected chi connectivity index (χ2v) is 4.37. The van der Waals surface area contributed by atoms with Gasteiger partial charge < -0.3 is 5.32 Å². The molecule has 0 amide bonds. The molecule has 0 heterocycles. The van der Waals surface area contributed by atoms with E-state index in [2.05, 4.69) is 5.32 Å². The molecule has 0 aliphatic rings. The molecule has 0 aliphatic heterocycles. The van der Waals surface area contributed by atoms with Crippen molar-refractivity contribution in [1.82, 2.24) is 5.32 Å². The molecule has 100 valence electrons. The molecule has 2 aromatic rings. The van der Waals surface area contributed by atoms with Crippen LogP contribution in [0.15, 0.2) is 36.4 Å². The minimum atomic E-state index is -0.652. The van der Waals surface area contributed by atoms with Crippen molar-refractivity contribution in [3.63, 3.8) is 0 Å². The van der Waals surface area contributed by atoms with Gasteiger partial charge in [-0.1, -0.05) is 18.2 Å². The summed E-state index contributed by atoms with van der Waals surface area (Å²) in [6.07, 6.45) is 0. The van der Waals surface area contributed by atoms with Crippen molar-refractivity contribution in [2.75, 3.05) is 7.05 Å². The number of rotatable bonds is 3. The van der Waals surface area contributed by atoms with E-state index >= 15 is 0 Å². The molecule has 0 saturated carbocycles. The van der Waals surface area contributed by atoms with Crippen molar-refractivity contribution in [3.8, 4) is 0 Å². The first-order chi connectivity index (χ1) is 9.04. The molecule has 0 fully saturated rings. The molecule has 2 aromatic carbocycles. The van der Waals surface area contributed by atoms with Gasteiger partial charge in [0.1, 0.15) is 17.5 Å². The van der Waals surface area contributed by atoms with Crippen molar-refractivity contribution in [2.24, 2.45) is 0 Å². The normalized spacial score (nSPS) is 12.5. The smallest absolute Gasteiger partial charge is 0.134 e. The summed E-state index contributed by atoms with van der Waals surface area (Å²) in [6.45, 7) is 1.58. The van der Waals surface area contributed by atoms with Crippen molar-refractivity contribution in [3.05, 3.63) is 70.5 Å². The van der Waals surface area contributed by atoms with Gasteiger partial charge in [0.2, 0.25) is 0 Å². The first-order valence-electron chi connectivity index (χ1n) is 5.92. The van der Waals surface area contributed by atoms with Gasteiger partial charge in [-0.05, 0) is 43.3 Å². The number of nitrogens with one attached hydrogen (secondary N) is 1. The zero-order chi connectivity index (χ0) is 14.0. The van der Waals surface area contributed by atoms with Gasteiger partial charge in [-0.2, -0.15) is 0 Å². The van der Waals surface area contributed by atoms with Crippen LogP contribution in [0.1, 0.15) is 22.7 Å². The van der Waals surface area contributed by atoms with Crippen LogP contribution < -0.4 is 5.32 Å². The minimum absolute atomic E-state index is 0.0471. The highest BCUT2D eigenvalue weighted by Gasteiger charge is 2.21. The lowest BCUT2D eigenvalue weighted by Gasteiger charge is -2.19. The van der Waals surface area contributed by atoms with E-state index in [0.29, 0.717) is 11.1 Å². The molecule has 1 atom stereocenters. The van der Waals surface area contributed by atoms with Crippen LogP contribution in [0.25, 0.3) is 0 Å². The maximum absolute atomic E-state index is 14.1. The molecule has 0 saturated heterocycles. The fourth-order valence-electron chi connectivity index (χ4n) is 2.08. The summed E-state index contributed by atoms with van der Waals surface area (Å²) in [5, 5.41) is 2.86. The Bertz CT molecular complexity index is 579. The standard InChI is InChI=1S/C15H14F3N/c1-9-3-8-12(17)13(14(9)18)15(19-2)10-4-6-11(16)7-5-10/h3-8,15,19H,1-2H3. The first-order valence-corrected chi connectivity index (χ1v) is 5.92. The highest BCUT2D eigenvalue weighted by molar-refractivity contribution is 5.36. The lowest BCUT2D eigenvalue weighted by atomic mass is 9.96. The second kappa shape index (κ2) is 5.45. The predicted octanol–water partition coefficient (Wildman–Crippen LogP) is 3.72. The number of benzene rings is 2. The molecule has 1 unspecified atom stereocenters. The van der Waals surface area contributed by atoms with E-state index in [1.165, 1.54) is 36.4 Å². The summed E-state index contributed by atoms with van der Waals surface area (Å²) >= 11 is 0. The fourth-order valence-corrected chi connectivity index (χ4v) is 2.08. The highest BCUT2D eigenvalue weighted by Crippen LogP contribution is 2.28. The molecular formula is C15H14F3N. The van der Waals surface area contributed by atoms with Crippen molar-refractivity contribution >= 4 is 0 Å². The summed E-state index contributed by atoms with van der Waals surface area (Å²) in [4.78, 5) is 0. The fraction of sp³-hybridized carbons (Fsp3) is 0.200. The zero-order valence-corrected chi connectivity index (χ0v) is 10.7. The third-order valence-electron chi connectivity index (χ3n) is 3.10. The van der Waals surface area contributed by atoms with Gasteiger partial charge in [-0.25, -0.2) is 13.2 Å². The Morgan fingerprint density at radius 3 is 2.16 bits per heavy atom. The zero-order valence-electron chi connectivity index (χ0n) is 10.7. The predicted molar refractivity (Wildman–Crippen MR) is 68.4 cm³/mol. The number of hydrogen-bond acceptors (Lipinski definition) is 1. The number of halogens is 3. The minimum Gasteiger partial charge on any atom is -0.309 e. The molecule has 1 N–H and O–H groups in total. The van der Waals surface area contributed by atoms with Gasteiger partial charge in [-0.3, -0.25) is 0 Å². The summed E-state index contributed by atoms with van der Waals surface area (Å²) in [6, 6.07) is 7.54. The van der Waals surface area contributed by atoms with Gasteiger partial charge in [0.25, 0.3) is 0 Å². The van der Waals surface area contributed by atoms with Gasteiger partial charge in [0.05, 0.1) is 6.04 Å². The Balaban J connectivity index is 2.54. The topological polar surface area (TPSA) is 12.0 Å². The van der Waals surface area contributed by atoms with E-state index in [1.807, 2.05) is 0 Å². The van der Waals surface area contributed by atoms with Gasteiger partial charge in [0, 0.05) is 5.56 Å². The van der Waals surface area contributed by atoms with Gasteiger partial charge in [-0.15, -0.1) is 0 Å². The maximum Gasteiger partial charge on any atom is 0.134 e. The number of hydrogen-bond donors (Lipinski definition) is 1. The van der Waals surface area contributed by atoms with E-state index in [1.54, 1.807) is 14.0 Å². The van der Waals surface area contributed by atoms with Crippen LogP contribution in [-0.2, 0) is 0 Å². The molecule has 0 aliphatic carbocycles. The molecule has 19 heavy (non-hydrogen) atoms. The number of aryl methyl sites for hydroxylation is 1. The third-order valence-corrected chi connectivity index (χ3v) is 3.10. The Kier molecular flexibility index (Phi) is 3.90. The Morgan fingerprint density at radius 1 is 0.947 bits per heavy atom. The quantitative estimate of drug-likeness (QED) is 0.891. The monoisotopic (exact) mass is 265 g/mol. The molecule has 0 spiro atoms. The Morgan fingerprint density at radius 2 is 1.58 bits per heavy atom. The summed E-state index contributed by atoms with van der Waals surface area (Å²) in [5.41, 5.74) is 0.931. The lowest BCUT2D eigenvalue weighted by Crippen LogP contribution is -2.21. The second-order valence-electron chi connectivity index (χ2n) is 4.37. The summed E-state index contributed by atoms with van der Waals surface area (Å²) in [7, 11) is 1.61.